The Kier molecular flexibility index (Phi) is 6.59. The first-order valence-corrected chi connectivity index (χ1v) is 8.05. The summed E-state index contributed by atoms with van der Waals surface area (Å²) in [5, 5.41) is 15.8. The van der Waals surface area contributed by atoms with Crippen molar-refractivity contribution in [3.05, 3.63) is 69.8 Å². The second-order valence-electron chi connectivity index (χ2n) is 5.70. The lowest BCUT2D eigenvalue weighted by Gasteiger charge is -2.07. The zero-order valence-electron chi connectivity index (χ0n) is 14.3. The first kappa shape index (κ1) is 19.6. The van der Waals surface area contributed by atoms with E-state index in [4.69, 9.17) is 5.73 Å². The number of hydrogen-bond acceptors (Lipinski definition) is 5. The third-order valence-corrected chi connectivity index (χ3v) is 3.59. The van der Waals surface area contributed by atoms with E-state index in [1.54, 1.807) is 24.3 Å². The SMILES string of the molecule is NC(=O)Cc1ccc(NC(=O)CCNC(=O)c2ccc([N+](=O)[O-])cc2)cc1. The van der Waals surface area contributed by atoms with Gasteiger partial charge in [-0.1, -0.05) is 12.1 Å². The van der Waals surface area contributed by atoms with Crippen LogP contribution in [0.15, 0.2) is 48.5 Å². The molecule has 0 aromatic heterocycles. The number of nitrogens with two attached hydrogens (primary N) is 1. The van der Waals surface area contributed by atoms with E-state index < -0.39 is 16.7 Å². The summed E-state index contributed by atoms with van der Waals surface area (Å²) in [5.74, 6) is -1.15. The van der Waals surface area contributed by atoms with Gasteiger partial charge in [-0.25, -0.2) is 0 Å². The Morgan fingerprint density at radius 3 is 2.19 bits per heavy atom. The average Bonchev–Trinajstić information content (AvgIpc) is 2.63. The van der Waals surface area contributed by atoms with Crippen LogP contribution in [-0.2, 0) is 16.0 Å². The highest BCUT2D eigenvalue weighted by molar-refractivity contribution is 5.95. The fourth-order valence-corrected chi connectivity index (χ4v) is 2.26. The molecular weight excluding hydrogens is 352 g/mol. The maximum absolute atomic E-state index is 11.9. The van der Waals surface area contributed by atoms with Crippen LogP contribution < -0.4 is 16.4 Å². The number of benzene rings is 2. The Morgan fingerprint density at radius 1 is 1.00 bits per heavy atom. The topological polar surface area (TPSA) is 144 Å². The second kappa shape index (κ2) is 9.09. The number of primary amides is 1. The van der Waals surface area contributed by atoms with Crippen LogP contribution in [0, 0.1) is 10.1 Å². The van der Waals surface area contributed by atoms with Gasteiger partial charge in [0.2, 0.25) is 11.8 Å². The maximum Gasteiger partial charge on any atom is 0.269 e. The van der Waals surface area contributed by atoms with E-state index in [2.05, 4.69) is 10.6 Å². The van der Waals surface area contributed by atoms with Gasteiger partial charge < -0.3 is 16.4 Å². The van der Waals surface area contributed by atoms with Crippen LogP contribution in [0.3, 0.4) is 0 Å². The summed E-state index contributed by atoms with van der Waals surface area (Å²) in [4.78, 5) is 44.7. The third-order valence-electron chi connectivity index (χ3n) is 3.59. The smallest absolute Gasteiger partial charge is 0.269 e. The zero-order valence-corrected chi connectivity index (χ0v) is 14.3. The van der Waals surface area contributed by atoms with E-state index in [1.807, 2.05) is 0 Å². The molecule has 0 aliphatic heterocycles. The molecule has 0 aliphatic carbocycles. The normalized spacial score (nSPS) is 10.1. The number of rotatable bonds is 8. The number of nitro groups is 1. The predicted molar refractivity (Wildman–Crippen MR) is 98.0 cm³/mol. The average molecular weight is 370 g/mol. The van der Waals surface area contributed by atoms with E-state index in [0.29, 0.717) is 5.69 Å². The molecule has 0 saturated heterocycles. The molecule has 0 fully saturated rings. The van der Waals surface area contributed by atoms with Gasteiger partial charge in [-0.05, 0) is 29.8 Å². The van der Waals surface area contributed by atoms with Crippen molar-refractivity contribution in [2.45, 2.75) is 12.8 Å². The summed E-state index contributed by atoms with van der Waals surface area (Å²) in [6, 6.07) is 11.9. The standard InChI is InChI=1S/C18H18N4O5/c19-16(23)11-12-1-5-14(6-2-12)21-17(24)9-10-20-18(25)13-3-7-15(8-4-13)22(26)27/h1-8H,9-11H2,(H2,19,23)(H,20,25)(H,21,24). The van der Waals surface area contributed by atoms with Gasteiger partial charge in [-0.15, -0.1) is 0 Å². The second-order valence-corrected chi connectivity index (χ2v) is 5.70. The minimum Gasteiger partial charge on any atom is -0.369 e. The van der Waals surface area contributed by atoms with Gasteiger partial charge in [0.05, 0.1) is 11.3 Å². The number of hydrogen-bond donors (Lipinski definition) is 3. The van der Waals surface area contributed by atoms with Crippen LogP contribution in [0.25, 0.3) is 0 Å². The Morgan fingerprint density at radius 2 is 1.63 bits per heavy atom. The van der Waals surface area contributed by atoms with E-state index in [9.17, 15) is 24.5 Å². The zero-order chi connectivity index (χ0) is 19.8. The monoisotopic (exact) mass is 370 g/mol. The largest absolute Gasteiger partial charge is 0.369 e. The molecule has 2 aromatic rings. The van der Waals surface area contributed by atoms with Crippen molar-refractivity contribution in [2.75, 3.05) is 11.9 Å². The van der Waals surface area contributed by atoms with Crippen molar-refractivity contribution in [1.29, 1.82) is 0 Å². The number of anilines is 1. The molecule has 140 valence electrons. The van der Waals surface area contributed by atoms with Crippen molar-refractivity contribution in [3.63, 3.8) is 0 Å². The summed E-state index contributed by atoms with van der Waals surface area (Å²) in [6.07, 6.45) is 0.185. The van der Waals surface area contributed by atoms with Gasteiger partial charge in [-0.3, -0.25) is 24.5 Å². The molecule has 9 heteroatoms. The molecule has 4 N–H and O–H groups in total. The number of nitrogens with one attached hydrogen (secondary N) is 2. The first-order valence-electron chi connectivity index (χ1n) is 8.05. The Labute approximate surface area is 154 Å². The molecule has 0 unspecified atom stereocenters. The maximum atomic E-state index is 11.9. The molecule has 2 rings (SSSR count). The summed E-state index contributed by atoms with van der Waals surface area (Å²) >= 11 is 0. The van der Waals surface area contributed by atoms with Crippen molar-refractivity contribution < 1.29 is 19.3 Å². The first-order chi connectivity index (χ1) is 12.8. The van der Waals surface area contributed by atoms with Gasteiger partial charge in [0.1, 0.15) is 0 Å². The molecular formula is C18H18N4O5. The molecule has 0 spiro atoms. The van der Waals surface area contributed by atoms with Gasteiger partial charge >= 0.3 is 0 Å². The summed E-state index contributed by atoms with van der Waals surface area (Å²) in [5.41, 5.74) is 6.59. The number of non-ortho nitro benzene ring substituents is 1. The fourth-order valence-electron chi connectivity index (χ4n) is 2.26. The van der Waals surface area contributed by atoms with Crippen LogP contribution in [0.4, 0.5) is 11.4 Å². The number of carbonyl (C=O) groups is 3. The van der Waals surface area contributed by atoms with E-state index in [1.165, 1.54) is 24.3 Å². The molecule has 0 bridgehead atoms. The fraction of sp³-hybridized carbons (Fsp3) is 0.167. The summed E-state index contributed by atoms with van der Waals surface area (Å²) in [7, 11) is 0. The minimum absolute atomic E-state index is 0.0573. The third kappa shape index (κ3) is 6.24. The Balaban J connectivity index is 1.77. The molecule has 3 amide bonds. The van der Waals surface area contributed by atoms with E-state index in [0.717, 1.165) is 5.56 Å². The molecule has 9 nitrogen and oxygen atoms in total. The highest BCUT2D eigenvalue weighted by Crippen LogP contribution is 2.12. The lowest BCUT2D eigenvalue weighted by molar-refractivity contribution is -0.384. The van der Waals surface area contributed by atoms with Crippen LogP contribution >= 0.6 is 0 Å². The quantitative estimate of drug-likeness (QED) is 0.475. The van der Waals surface area contributed by atoms with Crippen molar-refractivity contribution in [1.82, 2.24) is 5.32 Å². The summed E-state index contributed by atoms with van der Waals surface area (Å²) < 4.78 is 0. The van der Waals surface area contributed by atoms with Crippen LogP contribution in [0.2, 0.25) is 0 Å². The highest BCUT2D eigenvalue weighted by atomic mass is 16.6. The van der Waals surface area contributed by atoms with Crippen LogP contribution in [0.5, 0.6) is 0 Å². The minimum atomic E-state index is -0.549. The Hall–Kier alpha value is -3.75. The van der Waals surface area contributed by atoms with E-state index >= 15 is 0 Å². The molecule has 27 heavy (non-hydrogen) atoms. The predicted octanol–water partition coefficient (Wildman–Crippen LogP) is 1.38. The van der Waals surface area contributed by atoms with Crippen LogP contribution in [-0.4, -0.2) is 29.2 Å². The molecule has 0 radical (unpaired) electrons. The molecule has 0 atom stereocenters. The molecule has 0 saturated carbocycles. The van der Waals surface area contributed by atoms with Gasteiger partial charge in [-0.2, -0.15) is 0 Å². The number of amides is 3. The van der Waals surface area contributed by atoms with Crippen molar-refractivity contribution in [2.24, 2.45) is 5.73 Å². The number of nitro benzene ring substituents is 1. The number of carbonyl (C=O) groups excluding carboxylic acids is 3. The van der Waals surface area contributed by atoms with Crippen LogP contribution in [0.1, 0.15) is 22.3 Å². The van der Waals surface area contributed by atoms with Gasteiger partial charge in [0, 0.05) is 36.3 Å². The number of nitrogens with zero attached hydrogens (tertiary/aromatic N) is 1. The lowest BCUT2D eigenvalue weighted by Crippen LogP contribution is -2.27. The molecule has 2 aromatic carbocycles. The highest BCUT2D eigenvalue weighted by Gasteiger charge is 2.10. The Bertz CT molecular complexity index is 847. The van der Waals surface area contributed by atoms with Gasteiger partial charge in [0.25, 0.3) is 11.6 Å². The molecule has 0 aliphatic rings. The summed E-state index contributed by atoms with van der Waals surface area (Å²) in [6.45, 7) is 0.113. The molecule has 0 heterocycles. The lowest BCUT2D eigenvalue weighted by atomic mass is 10.1. The van der Waals surface area contributed by atoms with E-state index in [-0.39, 0.29) is 36.5 Å². The van der Waals surface area contributed by atoms with Gasteiger partial charge in [0.15, 0.2) is 0 Å². The van der Waals surface area contributed by atoms with Crippen molar-refractivity contribution >= 4 is 29.1 Å². The van der Waals surface area contributed by atoms with Crippen molar-refractivity contribution in [3.8, 4) is 0 Å².